The van der Waals surface area contributed by atoms with Gasteiger partial charge in [-0.25, -0.2) is 0 Å². The second-order valence-corrected chi connectivity index (χ2v) is 3.53. The zero-order chi connectivity index (χ0) is 8.20. The summed E-state index contributed by atoms with van der Waals surface area (Å²) in [5.74, 6) is 0. The number of thiocarbonyl (C=S) groups is 1. The predicted molar refractivity (Wildman–Crippen MR) is 50.4 cm³/mol. The van der Waals surface area contributed by atoms with Crippen LogP contribution >= 0.6 is 12.2 Å². The minimum Gasteiger partial charge on any atom is -0.103 e. The average Bonchev–Trinajstić information content (AvgIpc) is 1.80. The molecule has 1 heteroatoms. The lowest BCUT2D eigenvalue weighted by atomic mass is 9.86. The van der Waals surface area contributed by atoms with E-state index in [1.165, 1.54) is 0 Å². The van der Waals surface area contributed by atoms with E-state index in [2.05, 4.69) is 32.4 Å². The van der Waals surface area contributed by atoms with Crippen LogP contribution in [-0.2, 0) is 0 Å². The first kappa shape index (κ1) is 9.61. The third-order valence-electron chi connectivity index (χ3n) is 1.38. The van der Waals surface area contributed by atoms with Crippen LogP contribution in [0.5, 0.6) is 0 Å². The smallest absolute Gasteiger partial charge is 0.00513 e. The molecule has 0 nitrogen and oxygen atoms in total. The zero-order valence-electron chi connectivity index (χ0n) is 6.90. The normalized spacial score (nSPS) is 10.3. The van der Waals surface area contributed by atoms with Crippen LogP contribution in [0, 0.1) is 5.41 Å². The summed E-state index contributed by atoms with van der Waals surface area (Å²) >= 11 is 4.75. The molecule has 10 heavy (non-hydrogen) atoms. The second-order valence-electron chi connectivity index (χ2n) is 3.32. The maximum absolute atomic E-state index is 4.75. The van der Waals surface area contributed by atoms with Gasteiger partial charge in [-0.1, -0.05) is 26.8 Å². The Hall–Kier alpha value is -0.390. The summed E-state index contributed by atoms with van der Waals surface area (Å²) in [6.07, 6.45) is 2.72. The van der Waals surface area contributed by atoms with Crippen LogP contribution in [0.2, 0.25) is 0 Å². The minimum absolute atomic E-state index is 0.149. The van der Waals surface area contributed by atoms with Crippen molar-refractivity contribution >= 4 is 17.2 Å². The Bertz CT molecular complexity index is 166. The number of rotatable bonds is 2. The highest BCUT2D eigenvalue weighted by Gasteiger charge is 2.14. The van der Waals surface area contributed by atoms with Crippen molar-refractivity contribution in [3.05, 3.63) is 18.2 Å². The quantitative estimate of drug-likeness (QED) is 0.435. The molecule has 0 aliphatic rings. The zero-order valence-corrected chi connectivity index (χ0v) is 7.72. The summed E-state index contributed by atoms with van der Waals surface area (Å²) in [5, 5.41) is 2.77. The fourth-order valence-electron chi connectivity index (χ4n) is 0.645. The van der Waals surface area contributed by atoms with Gasteiger partial charge >= 0.3 is 0 Å². The summed E-state index contributed by atoms with van der Waals surface area (Å²) in [4.78, 5) is 0. The summed E-state index contributed by atoms with van der Waals surface area (Å²) in [5.41, 5.74) is 1.30. The van der Waals surface area contributed by atoms with E-state index in [4.69, 9.17) is 12.2 Å². The minimum atomic E-state index is 0.149. The molecule has 0 aromatic carbocycles. The summed E-state index contributed by atoms with van der Waals surface area (Å²) in [6, 6.07) is 0. The molecule has 0 aromatic heterocycles. The molecule has 0 aliphatic carbocycles. The van der Waals surface area contributed by atoms with E-state index in [1.54, 1.807) is 0 Å². The average molecular weight is 154 g/mol. The van der Waals surface area contributed by atoms with Gasteiger partial charge in [0, 0.05) is 0 Å². The fourth-order valence-corrected chi connectivity index (χ4v) is 1.03. The topological polar surface area (TPSA) is 0 Å². The number of hydrogen-bond donors (Lipinski definition) is 0. The number of allylic oxidation sites excluding steroid dienone is 2. The molecule has 0 atom stereocenters. The van der Waals surface area contributed by atoms with E-state index in [-0.39, 0.29) is 5.41 Å². The molecule has 56 valence electrons. The Morgan fingerprint density at radius 1 is 1.60 bits per heavy atom. The van der Waals surface area contributed by atoms with Crippen molar-refractivity contribution in [3.8, 4) is 0 Å². The van der Waals surface area contributed by atoms with Gasteiger partial charge in [-0.3, -0.25) is 0 Å². The maximum Gasteiger partial charge on any atom is -0.00513 e. The van der Waals surface area contributed by atoms with Gasteiger partial charge in [-0.05, 0) is 34.6 Å². The lowest BCUT2D eigenvalue weighted by Crippen LogP contribution is -2.08. The molecular formula is C9H14S. The van der Waals surface area contributed by atoms with Gasteiger partial charge in [0.1, 0.15) is 0 Å². The molecule has 0 saturated heterocycles. The standard InChI is InChI=1S/C9H14S/c1-5-6-8(7-10)9(2,3)4/h5H,1,6H2,2-4H3. The van der Waals surface area contributed by atoms with E-state index in [1.807, 2.05) is 6.08 Å². The van der Waals surface area contributed by atoms with Gasteiger partial charge in [0.25, 0.3) is 0 Å². The molecule has 0 unspecified atom stereocenters. The maximum atomic E-state index is 4.75. The third kappa shape index (κ3) is 2.95. The molecule has 0 spiro atoms. The molecular weight excluding hydrogens is 140 g/mol. The van der Waals surface area contributed by atoms with E-state index in [0.29, 0.717) is 0 Å². The Morgan fingerprint density at radius 3 is 2.20 bits per heavy atom. The largest absolute Gasteiger partial charge is 0.103 e. The summed E-state index contributed by atoms with van der Waals surface area (Å²) < 4.78 is 0. The van der Waals surface area contributed by atoms with Gasteiger partial charge in [0.2, 0.25) is 0 Å². The van der Waals surface area contributed by atoms with Crippen LogP contribution in [-0.4, -0.2) is 5.02 Å². The van der Waals surface area contributed by atoms with Crippen LogP contribution in [0.1, 0.15) is 27.2 Å². The first-order valence-electron chi connectivity index (χ1n) is 3.37. The van der Waals surface area contributed by atoms with E-state index >= 15 is 0 Å². The van der Waals surface area contributed by atoms with Gasteiger partial charge in [0.05, 0.1) is 0 Å². The second kappa shape index (κ2) is 3.70. The lowest BCUT2D eigenvalue weighted by molar-refractivity contribution is 0.501. The Morgan fingerprint density at radius 2 is 2.10 bits per heavy atom. The van der Waals surface area contributed by atoms with Crippen molar-refractivity contribution < 1.29 is 0 Å². The van der Waals surface area contributed by atoms with Gasteiger partial charge in [0.15, 0.2) is 0 Å². The molecule has 0 aromatic rings. The first-order chi connectivity index (χ1) is 4.52. The molecule has 0 amide bonds. The highest BCUT2D eigenvalue weighted by Crippen LogP contribution is 2.25. The van der Waals surface area contributed by atoms with Crippen LogP contribution < -0.4 is 0 Å². The third-order valence-corrected chi connectivity index (χ3v) is 1.62. The SMILES string of the molecule is C=CCC(=C=S)C(C)(C)C. The molecule has 0 aliphatic heterocycles. The van der Waals surface area contributed by atoms with Crippen molar-refractivity contribution in [2.75, 3.05) is 0 Å². The van der Waals surface area contributed by atoms with Gasteiger partial charge < -0.3 is 0 Å². The molecule has 0 radical (unpaired) electrons. The van der Waals surface area contributed by atoms with Crippen LogP contribution in [0.3, 0.4) is 0 Å². The van der Waals surface area contributed by atoms with Gasteiger partial charge in [-0.2, -0.15) is 0 Å². The van der Waals surface area contributed by atoms with Crippen LogP contribution in [0.15, 0.2) is 18.2 Å². The molecule has 0 heterocycles. The molecule has 0 fully saturated rings. The van der Waals surface area contributed by atoms with Crippen LogP contribution in [0.4, 0.5) is 0 Å². The van der Waals surface area contributed by atoms with Crippen LogP contribution in [0.25, 0.3) is 0 Å². The molecule has 0 bridgehead atoms. The Kier molecular flexibility index (Phi) is 3.55. The predicted octanol–water partition coefficient (Wildman–Crippen LogP) is 3.13. The van der Waals surface area contributed by atoms with E-state index in [9.17, 15) is 0 Å². The molecule has 0 N–H and O–H groups in total. The summed E-state index contributed by atoms with van der Waals surface area (Å²) in [7, 11) is 0. The lowest BCUT2D eigenvalue weighted by Gasteiger charge is -2.18. The number of hydrogen-bond acceptors (Lipinski definition) is 1. The van der Waals surface area contributed by atoms with Crippen molar-refractivity contribution in [1.82, 2.24) is 0 Å². The Balaban J connectivity index is 4.39. The van der Waals surface area contributed by atoms with Crippen molar-refractivity contribution in [2.45, 2.75) is 27.2 Å². The summed E-state index contributed by atoms with van der Waals surface area (Å²) in [6.45, 7) is 10.0. The first-order valence-corrected chi connectivity index (χ1v) is 3.78. The van der Waals surface area contributed by atoms with E-state index in [0.717, 1.165) is 12.0 Å². The monoisotopic (exact) mass is 154 g/mol. The highest BCUT2D eigenvalue weighted by molar-refractivity contribution is 7.78. The molecule has 0 rings (SSSR count). The Labute approximate surface area is 68.6 Å². The van der Waals surface area contributed by atoms with E-state index < -0.39 is 0 Å². The van der Waals surface area contributed by atoms with Gasteiger partial charge in [-0.15, -0.1) is 6.58 Å². The highest BCUT2D eigenvalue weighted by atomic mass is 32.1. The van der Waals surface area contributed by atoms with Crippen molar-refractivity contribution in [2.24, 2.45) is 5.41 Å². The van der Waals surface area contributed by atoms with Crippen molar-refractivity contribution in [3.63, 3.8) is 0 Å². The van der Waals surface area contributed by atoms with Crippen molar-refractivity contribution in [1.29, 1.82) is 0 Å². The molecule has 0 saturated carbocycles. The fraction of sp³-hybridized carbons (Fsp3) is 0.556.